The Balaban J connectivity index is 1.39. The van der Waals surface area contributed by atoms with E-state index in [4.69, 9.17) is 4.52 Å². The second kappa shape index (κ2) is 8.88. The maximum Gasteiger partial charge on any atom is 0.214 e. The zero-order valence-electron chi connectivity index (χ0n) is 17.7. The Labute approximate surface area is 178 Å². The molecule has 160 valence electrons. The molecule has 0 aliphatic carbocycles. The Hall–Kier alpha value is -2.22. The molecule has 1 aliphatic rings. The van der Waals surface area contributed by atoms with Crippen LogP contribution in [0, 0.1) is 13.8 Å². The summed E-state index contributed by atoms with van der Waals surface area (Å²) < 4.78 is 33.1. The van der Waals surface area contributed by atoms with E-state index in [1.807, 2.05) is 38.1 Å². The molecule has 3 aromatic rings. The molecule has 0 amide bonds. The third kappa shape index (κ3) is 4.58. The number of sulfonamides is 1. The van der Waals surface area contributed by atoms with Crippen molar-refractivity contribution in [2.75, 3.05) is 31.9 Å². The summed E-state index contributed by atoms with van der Waals surface area (Å²) in [5, 5.41) is 6.31. The van der Waals surface area contributed by atoms with Crippen molar-refractivity contribution in [3.63, 3.8) is 0 Å². The monoisotopic (exact) mass is 427 g/mol. The van der Waals surface area contributed by atoms with Crippen LogP contribution in [0.25, 0.3) is 10.8 Å². The highest BCUT2D eigenvalue weighted by Crippen LogP contribution is 2.21. The first kappa shape index (κ1) is 21.0. The smallest absolute Gasteiger partial charge is 0.214 e. The summed E-state index contributed by atoms with van der Waals surface area (Å²) >= 11 is 0. The van der Waals surface area contributed by atoms with Crippen LogP contribution in [0.5, 0.6) is 0 Å². The number of hydrogen-bond acceptors (Lipinski definition) is 5. The van der Waals surface area contributed by atoms with Gasteiger partial charge in [0.2, 0.25) is 10.0 Å². The van der Waals surface area contributed by atoms with E-state index < -0.39 is 10.0 Å². The minimum atomic E-state index is -3.30. The first-order valence-electron chi connectivity index (χ1n) is 10.5. The lowest BCUT2D eigenvalue weighted by atomic mass is 10.0. The van der Waals surface area contributed by atoms with Gasteiger partial charge in [-0.1, -0.05) is 47.6 Å². The van der Waals surface area contributed by atoms with Gasteiger partial charge in [0, 0.05) is 31.7 Å². The first-order valence-corrected chi connectivity index (χ1v) is 12.1. The van der Waals surface area contributed by atoms with Gasteiger partial charge in [-0.2, -0.15) is 0 Å². The fourth-order valence-corrected chi connectivity index (χ4v) is 5.72. The summed E-state index contributed by atoms with van der Waals surface area (Å²) in [6, 6.07) is 14.2. The molecule has 1 fully saturated rings. The Morgan fingerprint density at radius 2 is 1.80 bits per heavy atom. The molecule has 2 aromatic carbocycles. The van der Waals surface area contributed by atoms with Crippen LogP contribution in [0.4, 0.5) is 0 Å². The molecule has 0 saturated carbocycles. The predicted molar refractivity (Wildman–Crippen MR) is 119 cm³/mol. The Morgan fingerprint density at radius 1 is 1.00 bits per heavy atom. The molecule has 0 N–H and O–H groups in total. The molecule has 0 bridgehead atoms. The van der Waals surface area contributed by atoms with Crippen molar-refractivity contribution in [1.82, 2.24) is 14.4 Å². The van der Waals surface area contributed by atoms with Gasteiger partial charge in [-0.05, 0) is 49.6 Å². The molecular weight excluding hydrogens is 398 g/mol. The zero-order valence-corrected chi connectivity index (χ0v) is 18.5. The van der Waals surface area contributed by atoms with Gasteiger partial charge >= 0.3 is 0 Å². The fourth-order valence-electron chi connectivity index (χ4n) is 4.21. The number of nitrogens with zero attached hydrogens (tertiary/aromatic N) is 3. The fraction of sp³-hybridized carbons (Fsp3) is 0.435. The van der Waals surface area contributed by atoms with Crippen molar-refractivity contribution in [3.8, 4) is 0 Å². The Bertz CT molecular complexity index is 1100. The van der Waals surface area contributed by atoms with Crippen LogP contribution in [0.15, 0.2) is 47.0 Å². The van der Waals surface area contributed by atoms with Crippen molar-refractivity contribution in [3.05, 3.63) is 65.0 Å². The average molecular weight is 428 g/mol. The topological polar surface area (TPSA) is 66.7 Å². The highest BCUT2D eigenvalue weighted by Gasteiger charge is 2.26. The van der Waals surface area contributed by atoms with Crippen molar-refractivity contribution in [2.45, 2.75) is 33.2 Å². The van der Waals surface area contributed by atoms with Gasteiger partial charge in [-0.25, -0.2) is 12.7 Å². The lowest BCUT2D eigenvalue weighted by molar-refractivity contribution is 0.276. The van der Waals surface area contributed by atoms with E-state index in [-0.39, 0.29) is 5.75 Å². The van der Waals surface area contributed by atoms with E-state index in [0.29, 0.717) is 19.5 Å². The number of rotatable bonds is 6. The summed E-state index contributed by atoms with van der Waals surface area (Å²) in [6.45, 7) is 7.34. The van der Waals surface area contributed by atoms with Crippen molar-refractivity contribution < 1.29 is 12.9 Å². The van der Waals surface area contributed by atoms with Gasteiger partial charge in [-0.3, -0.25) is 4.90 Å². The predicted octanol–water partition coefficient (Wildman–Crippen LogP) is 3.52. The van der Waals surface area contributed by atoms with Crippen LogP contribution in [0.2, 0.25) is 0 Å². The molecule has 6 nitrogen and oxygen atoms in total. The van der Waals surface area contributed by atoms with E-state index >= 15 is 0 Å². The third-order valence-corrected chi connectivity index (χ3v) is 7.89. The van der Waals surface area contributed by atoms with Crippen molar-refractivity contribution >= 4 is 20.8 Å². The summed E-state index contributed by atoms with van der Waals surface area (Å²) in [4.78, 5) is 2.30. The second-order valence-corrected chi connectivity index (χ2v) is 10.1. The first-order chi connectivity index (χ1) is 14.4. The standard InChI is InChI=1S/C23H29N3O3S/c1-18-23(19(2)29-24-18)17-25-12-6-13-26(15-14-25)30(27,28)16-11-21-9-5-8-20-7-3-4-10-22(20)21/h3-5,7-10H,6,11-17H2,1-2H3. The lowest BCUT2D eigenvalue weighted by Gasteiger charge is -2.22. The second-order valence-electron chi connectivity index (χ2n) is 8.04. The van der Waals surface area contributed by atoms with E-state index in [1.54, 1.807) is 4.31 Å². The summed E-state index contributed by atoms with van der Waals surface area (Å²) in [5.74, 6) is 0.988. The molecule has 4 rings (SSSR count). The molecule has 0 radical (unpaired) electrons. The van der Waals surface area contributed by atoms with Crippen LogP contribution < -0.4 is 0 Å². The Kier molecular flexibility index (Phi) is 6.22. The van der Waals surface area contributed by atoms with E-state index in [9.17, 15) is 8.42 Å². The van der Waals surface area contributed by atoms with Crippen LogP contribution in [-0.4, -0.2) is 54.7 Å². The minimum Gasteiger partial charge on any atom is -0.361 e. The van der Waals surface area contributed by atoms with Crippen molar-refractivity contribution in [2.24, 2.45) is 0 Å². The molecule has 7 heteroatoms. The average Bonchev–Trinajstić information content (AvgIpc) is 2.94. The molecule has 30 heavy (non-hydrogen) atoms. The zero-order chi connectivity index (χ0) is 21.1. The minimum absolute atomic E-state index is 0.144. The lowest BCUT2D eigenvalue weighted by Crippen LogP contribution is -2.37. The molecule has 1 aliphatic heterocycles. The number of aromatic nitrogens is 1. The molecule has 0 atom stereocenters. The summed E-state index contributed by atoms with van der Waals surface area (Å²) in [5.41, 5.74) is 3.12. The van der Waals surface area contributed by atoms with E-state index in [0.717, 1.165) is 59.4 Å². The SMILES string of the molecule is Cc1noc(C)c1CN1CCCN(S(=O)(=O)CCc2cccc3ccccc23)CC1. The number of aryl methyl sites for hydroxylation is 3. The Morgan fingerprint density at radius 3 is 2.60 bits per heavy atom. The third-order valence-electron chi connectivity index (χ3n) is 6.01. The highest BCUT2D eigenvalue weighted by molar-refractivity contribution is 7.89. The van der Waals surface area contributed by atoms with E-state index in [1.165, 1.54) is 0 Å². The normalized spacial score (nSPS) is 16.7. The van der Waals surface area contributed by atoms with Gasteiger partial charge in [0.15, 0.2) is 0 Å². The number of hydrogen-bond donors (Lipinski definition) is 0. The quantitative estimate of drug-likeness (QED) is 0.602. The number of fused-ring (bicyclic) bond motifs is 1. The van der Waals surface area contributed by atoms with Gasteiger partial charge in [0.05, 0.1) is 11.4 Å². The maximum atomic E-state index is 13.1. The summed E-state index contributed by atoms with van der Waals surface area (Å²) in [6.07, 6.45) is 1.36. The van der Waals surface area contributed by atoms with Gasteiger partial charge in [0.1, 0.15) is 5.76 Å². The van der Waals surface area contributed by atoms with Crippen LogP contribution in [0.3, 0.4) is 0 Å². The highest BCUT2D eigenvalue weighted by atomic mass is 32.2. The number of benzene rings is 2. The van der Waals surface area contributed by atoms with Crippen LogP contribution in [0.1, 0.15) is 29.0 Å². The van der Waals surface area contributed by atoms with E-state index in [2.05, 4.69) is 28.3 Å². The van der Waals surface area contributed by atoms with Gasteiger partial charge < -0.3 is 4.52 Å². The molecular formula is C23H29N3O3S. The van der Waals surface area contributed by atoms with Gasteiger partial charge in [0.25, 0.3) is 0 Å². The molecule has 1 aromatic heterocycles. The molecule has 1 saturated heterocycles. The molecule has 0 unspecified atom stereocenters. The van der Waals surface area contributed by atoms with Crippen molar-refractivity contribution in [1.29, 1.82) is 0 Å². The van der Waals surface area contributed by atoms with Crippen LogP contribution in [-0.2, 0) is 23.0 Å². The maximum absolute atomic E-state index is 13.1. The van der Waals surface area contributed by atoms with Crippen LogP contribution >= 0.6 is 0 Å². The molecule has 0 spiro atoms. The summed E-state index contributed by atoms with van der Waals surface area (Å²) in [7, 11) is -3.30. The molecule has 2 heterocycles. The van der Waals surface area contributed by atoms with Gasteiger partial charge in [-0.15, -0.1) is 0 Å². The largest absolute Gasteiger partial charge is 0.361 e.